The third-order valence-corrected chi connectivity index (χ3v) is 3.67. The Hall–Kier alpha value is -0.380. The lowest BCUT2D eigenvalue weighted by Crippen LogP contribution is -2.35. The highest BCUT2D eigenvalue weighted by atomic mass is 16.5. The fourth-order valence-corrected chi connectivity index (χ4v) is 2.61. The molecule has 2 N–H and O–H groups in total. The molecule has 0 bridgehead atoms. The second-order valence-corrected chi connectivity index (χ2v) is 5.57. The van der Waals surface area contributed by atoms with Crippen molar-refractivity contribution in [3.05, 3.63) is 12.2 Å². The topological polar surface area (TPSA) is 41.5 Å². The fraction of sp³-hybridized carbons (Fsp3) is 0.867. The summed E-state index contributed by atoms with van der Waals surface area (Å²) in [6, 6.07) is 0. The first-order chi connectivity index (χ1) is 8.63. The van der Waals surface area contributed by atoms with Crippen molar-refractivity contribution in [3.8, 4) is 0 Å². The zero-order valence-electron chi connectivity index (χ0n) is 12.0. The summed E-state index contributed by atoms with van der Waals surface area (Å²) < 4.78 is 5.89. The van der Waals surface area contributed by atoms with Crippen molar-refractivity contribution >= 4 is 0 Å². The molecule has 1 aliphatic carbocycles. The maximum atomic E-state index is 9.83. The van der Waals surface area contributed by atoms with E-state index in [4.69, 9.17) is 4.74 Å². The average Bonchev–Trinajstić information content (AvgIpc) is 2.36. The van der Waals surface area contributed by atoms with Gasteiger partial charge in [-0.15, -0.1) is 0 Å². The molecule has 0 aromatic heterocycles. The molecule has 1 fully saturated rings. The third kappa shape index (κ3) is 5.98. The Kier molecular flexibility index (Phi) is 7.56. The molecule has 0 spiro atoms. The van der Waals surface area contributed by atoms with E-state index < -0.39 is 6.10 Å². The van der Waals surface area contributed by atoms with Gasteiger partial charge in [-0.3, -0.25) is 0 Å². The molecule has 0 saturated heterocycles. The lowest BCUT2D eigenvalue weighted by molar-refractivity contribution is -0.0497. The predicted molar refractivity (Wildman–Crippen MR) is 75.7 cm³/mol. The van der Waals surface area contributed by atoms with Gasteiger partial charge in [0.15, 0.2) is 0 Å². The quantitative estimate of drug-likeness (QED) is 0.655. The van der Waals surface area contributed by atoms with E-state index in [2.05, 4.69) is 18.8 Å². The van der Waals surface area contributed by atoms with E-state index in [1.165, 1.54) is 25.7 Å². The third-order valence-electron chi connectivity index (χ3n) is 3.67. The second-order valence-electron chi connectivity index (χ2n) is 5.57. The van der Waals surface area contributed by atoms with E-state index in [9.17, 15) is 5.11 Å². The Labute approximate surface area is 112 Å². The average molecular weight is 255 g/mol. The van der Waals surface area contributed by atoms with Crippen LogP contribution < -0.4 is 5.32 Å². The Bertz CT molecular complexity index is 243. The maximum Gasteiger partial charge on any atom is 0.0897 e. The molecule has 0 heterocycles. The summed E-state index contributed by atoms with van der Waals surface area (Å²) in [6.45, 7) is 9.82. The number of hydrogen-bond donors (Lipinski definition) is 2. The lowest BCUT2D eigenvalue weighted by atomic mass is 9.85. The number of aliphatic hydroxyl groups excluding tert-OH is 1. The fourth-order valence-electron chi connectivity index (χ4n) is 2.61. The molecule has 0 aromatic carbocycles. The van der Waals surface area contributed by atoms with Crippen molar-refractivity contribution in [1.82, 2.24) is 5.32 Å². The molecule has 18 heavy (non-hydrogen) atoms. The summed E-state index contributed by atoms with van der Waals surface area (Å²) in [5.41, 5.74) is 1.08. The number of rotatable bonds is 8. The molecule has 3 atom stereocenters. The summed E-state index contributed by atoms with van der Waals surface area (Å²) in [5.74, 6) is 0.689. The second kappa shape index (κ2) is 8.68. The summed E-state index contributed by atoms with van der Waals surface area (Å²) in [4.78, 5) is 0. The molecule has 0 amide bonds. The molecule has 3 nitrogen and oxygen atoms in total. The summed E-state index contributed by atoms with van der Waals surface area (Å²) >= 11 is 0. The summed E-state index contributed by atoms with van der Waals surface area (Å²) in [5, 5.41) is 13.0. The Morgan fingerprint density at radius 1 is 1.44 bits per heavy atom. The van der Waals surface area contributed by atoms with E-state index in [1.807, 2.05) is 6.92 Å². The highest BCUT2D eigenvalue weighted by molar-refractivity contribution is 4.90. The van der Waals surface area contributed by atoms with E-state index >= 15 is 0 Å². The molecule has 1 saturated carbocycles. The van der Waals surface area contributed by atoms with Gasteiger partial charge >= 0.3 is 0 Å². The summed E-state index contributed by atoms with van der Waals surface area (Å²) in [6.07, 6.45) is 6.18. The minimum Gasteiger partial charge on any atom is -0.389 e. The van der Waals surface area contributed by atoms with Crippen LogP contribution in [0.2, 0.25) is 0 Å². The standard InChI is InChI=1S/C15H29NO2/c1-4-13-7-5-6-8-15(13)18-11-14(17)10-16-9-12(2)3/h13-17H,2,4-11H2,1,3H3. The molecule has 0 aliphatic heterocycles. The number of hydrogen-bond acceptors (Lipinski definition) is 3. The van der Waals surface area contributed by atoms with Crippen LogP contribution in [0.3, 0.4) is 0 Å². The van der Waals surface area contributed by atoms with Crippen molar-refractivity contribution in [3.63, 3.8) is 0 Å². The van der Waals surface area contributed by atoms with Crippen molar-refractivity contribution in [2.45, 2.75) is 58.2 Å². The first kappa shape index (κ1) is 15.7. The van der Waals surface area contributed by atoms with Gasteiger partial charge in [0.05, 0.1) is 18.8 Å². The van der Waals surface area contributed by atoms with Crippen LogP contribution in [0.5, 0.6) is 0 Å². The van der Waals surface area contributed by atoms with Crippen LogP contribution in [0.15, 0.2) is 12.2 Å². The lowest BCUT2D eigenvalue weighted by Gasteiger charge is -2.31. The van der Waals surface area contributed by atoms with Crippen molar-refractivity contribution in [1.29, 1.82) is 0 Å². The summed E-state index contributed by atoms with van der Waals surface area (Å²) in [7, 11) is 0. The molecule has 0 radical (unpaired) electrons. The van der Waals surface area contributed by atoms with Crippen LogP contribution in [0.25, 0.3) is 0 Å². The number of nitrogens with one attached hydrogen (secondary N) is 1. The van der Waals surface area contributed by atoms with Gasteiger partial charge in [0.25, 0.3) is 0 Å². The molecule has 1 rings (SSSR count). The normalized spacial score (nSPS) is 25.9. The minimum absolute atomic E-state index is 0.361. The highest BCUT2D eigenvalue weighted by Gasteiger charge is 2.24. The van der Waals surface area contributed by atoms with Crippen LogP contribution in [0.4, 0.5) is 0 Å². The molecule has 106 valence electrons. The van der Waals surface area contributed by atoms with Gasteiger partial charge in [-0.05, 0) is 25.7 Å². The van der Waals surface area contributed by atoms with Gasteiger partial charge in [0.2, 0.25) is 0 Å². The zero-order chi connectivity index (χ0) is 13.4. The van der Waals surface area contributed by atoms with E-state index in [1.54, 1.807) is 0 Å². The molecule has 3 unspecified atom stereocenters. The monoisotopic (exact) mass is 255 g/mol. The SMILES string of the molecule is C=C(C)CNCC(O)COC1CCCCC1CC. The molecule has 0 aromatic rings. The Morgan fingerprint density at radius 2 is 2.17 bits per heavy atom. The molecular weight excluding hydrogens is 226 g/mol. The molecule has 3 heteroatoms. The van der Waals surface area contributed by atoms with Crippen molar-refractivity contribution < 1.29 is 9.84 Å². The van der Waals surface area contributed by atoms with E-state index in [0.717, 1.165) is 18.5 Å². The van der Waals surface area contributed by atoms with Crippen LogP contribution in [0.1, 0.15) is 46.0 Å². The van der Waals surface area contributed by atoms with Crippen LogP contribution >= 0.6 is 0 Å². The van der Waals surface area contributed by atoms with Gasteiger partial charge in [-0.2, -0.15) is 0 Å². The van der Waals surface area contributed by atoms with Gasteiger partial charge in [-0.1, -0.05) is 38.3 Å². The van der Waals surface area contributed by atoms with Crippen LogP contribution in [-0.4, -0.2) is 37.0 Å². The van der Waals surface area contributed by atoms with Crippen LogP contribution in [0, 0.1) is 5.92 Å². The van der Waals surface area contributed by atoms with Gasteiger partial charge in [0.1, 0.15) is 0 Å². The highest BCUT2D eigenvalue weighted by Crippen LogP contribution is 2.29. The van der Waals surface area contributed by atoms with Crippen LogP contribution in [-0.2, 0) is 4.74 Å². The largest absolute Gasteiger partial charge is 0.389 e. The van der Waals surface area contributed by atoms with Gasteiger partial charge < -0.3 is 15.2 Å². The van der Waals surface area contributed by atoms with E-state index in [0.29, 0.717) is 25.2 Å². The number of aliphatic hydroxyl groups is 1. The van der Waals surface area contributed by atoms with Crippen molar-refractivity contribution in [2.24, 2.45) is 5.92 Å². The van der Waals surface area contributed by atoms with E-state index in [-0.39, 0.29) is 0 Å². The maximum absolute atomic E-state index is 9.83. The Balaban J connectivity index is 2.16. The first-order valence-electron chi connectivity index (χ1n) is 7.28. The van der Waals surface area contributed by atoms with Gasteiger partial charge in [0, 0.05) is 13.1 Å². The van der Waals surface area contributed by atoms with Gasteiger partial charge in [-0.25, -0.2) is 0 Å². The zero-order valence-corrected chi connectivity index (χ0v) is 12.0. The molecular formula is C15H29NO2. The predicted octanol–water partition coefficient (Wildman–Crippen LogP) is 2.50. The molecule has 1 aliphatic rings. The smallest absolute Gasteiger partial charge is 0.0897 e. The Morgan fingerprint density at radius 3 is 2.83 bits per heavy atom. The van der Waals surface area contributed by atoms with Crippen molar-refractivity contribution in [2.75, 3.05) is 19.7 Å². The minimum atomic E-state index is -0.413. The first-order valence-corrected chi connectivity index (χ1v) is 7.28. The number of ether oxygens (including phenoxy) is 1.